The van der Waals surface area contributed by atoms with Gasteiger partial charge >= 0.3 is 0 Å². The molecule has 8 heteroatoms. The summed E-state index contributed by atoms with van der Waals surface area (Å²) in [6, 6.07) is 6.96. The van der Waals surface area contributed by atoms with Gasteiger partial charge in [0.25, 0.3) is 0 Å². The molecule has 7 nitrogen and oxygen atoms in total. The first-order valence-corrected chi connectivity index (χ1v) is 12.7. The molecule has 1 atom stereocenters. The lowest BCUT2D eigenvalue weighted by Crippen LogP contribution is -2.43. The Labute approximate surface area is 186 Å². The van der Waals surface area contributed by atoms with E-state index >= 15 is 0 Å². The Morgan fingerprint density at radius 1 is 1.06 bits per heavy atom. The third-order valence-corrected chi connectivity index (χ3v) is 8.06. The number of hydrogen-bond acceptors (Lipinski definition) is 4. The second kappa shape index (κ2) is 9.69. The first kappa shape index (κ1) is 23.7. The summed E-state index contributed by atoms with van der Waals surface area (Å²) in [7, 11) is -3.44. The smallest absolute Gasteiger partial charge is 0.243 e. The number of amides is 2. The van der Waals surface area contributed by atoms with E-state index < -0.39 is 10.0 Å². The lowest BCUT2D eigenvalue weighted by molar-refractivity contribution is -0.132. The quantitative estimate of drug-likeness (QED) is 0.723. The van der Waals surface area contributed by atoms with Crippen LogP contribution in [0.2, 0.25) is 0 Å². The van der Waals surface area contributed by atoms with Crippen molar-refractivity contribution >= 4 is 21.8 Å². The van der Waals surface area contributed by atoms with Crippen LogP contribution in [0.1, 0.15) is 58.4 Å². The molecule has 2 aliphatic heterocycles. The summed E-state index contributed by atoms with van der Waals surface area (Å²) in [4.78, 5) is 26.7. The molecule has 0 aliphatic carbocycles. The van der Waals surface area contributed by atoms with Gasteiger partial charge in [-0.25, -0.2) is 8.42 Å². The number of hydrogen-bond donors (Lipinski definition) is 1. The summed E-state index contributed by atoms with van der Waals surface area (Å²) in [6.07, 6.45) is 4.86. The molecule has 0 saturated carbocycles. The van der Waals surface area contributed by atoms with Crippen LogP contribution in [0, 0.1) is 5.92 Å². The number of nitrogens with one attached hydrogen (secondary N) is 1. The number of rotatable bonds is 6. The number of sulfonamides is 1. The van der Waals surface area contributed by atoms with Crippen LogP contribution in [-0.4, -0.2) is 61.2 Å². The standard InChI is InChI=1S/C23H35N3O4S/c1-23(2,3)26-17-19(16-21(26)27)22(28)24-13-12-18-8-10-20(11-9-18)31(29,30)25-14-6-4-5-7-15-25/h8-11,19H,4-7,12-17H2,1-3H3,(H,24,28). The second-order valence-electron chi connectivity index (χ2n) is 9.58. The van der Waals surface area contributed by atoms with Crippen molar-refractivity contribution < 1.29 is 18.0 Å². The molecule has 2 aliphatic rings. The van der Waals surface area contributed by atoms with Crippen LogP contribution < -0.4 is 5.32 Å². The Bertz CT molecular complexity index is 882. The van der Waals surface area contributed by atoms with Crippen molar-refractivity contribution in [2.45, 2.75) is 69.7 Å². The normalized spacial score (nSPS) is 21.2. The molecule has 1 aromatic carbocycles. The average Bonchev–Trinajstić information content (AvgIpc) is 2.92. The van der Waals surface area contributed by atoms with Gasteiger partial charge in [-0.1, -0.05) is 25.0 Å². The zero-order valence-corrected chi connectivity index (χ0v) is 19.7. The molecule has 2 fully saturated rings. The molecule has 31 heavy (non-hydrogen) atoms. The van der Waals surface area contributed by atoms with Crippen LogP contribution in [0.25, 0.3) is 0 Å². The van der Waals surface area contributed by atoms with E-state index in [2.05, 4.69) is 5.32 Å². The molecule has 2 amide bonds. The molecule has 1 N–H and O–H groups in total. The van der Waals surface area contributed by atoms with Gasteiger partial charge in [-0.15, -0.1) is 0 Å². The third kappa shape index (κ3) is 5.86. The number of nitrogens with zero attached hydrogens (tertiary/aromatic N) is 2. The van der Waals surface area contributed by atoms with E-state index in [0.717, 1.165) is 31.2 Å². The van der Waals surface area contributed by atoms with E-state index in [0.29, 0.717) is 37.5 Å². The zero-order chi connectivity index (χ0) is 22.6. The van der Waals surface area contributed by atoms with Gasteiger partial charge in [0.1, 0.15) is 0 Å². The van der Waals surface area contributed by atoms with E-state index in [1.165, 1.54) is 0 Å². The zero-order valence-electron chi connectivity index (χ0n) is 18.9. The molecule has 2 heterocycles. The van der Waals surface area contributed by atoms with Crippen molar-refractivity contribution in [3.05, 3.63) is 29.8 Å². The first-order valence-electron chi connectivity index (χ1n) is 11.3. The summed E-state index contributed by atoms with van der Waals surface area (Å²) >= 11 is 0. The first-order chi connectivity index (χ1) is 14.6. The van der Waals surface area contributed by atoms with Crippen LogP contribution in [0.4, 0.5) is 0 Å². The molecular formula is C23H35N3O4S. The number of carbonyl (C=O) groups excluding carboxylic acids is 2. The molecule has 1 aromatic rings. The lowest BCUT2D eigenvalue weighted by Gasteiger charge is -2.31. The maximum atomic E-state index is 12.9. The molecule has 172 valence electrons. The Morgan fingerprint density at radius 3 is 2.23 bits per heavy atom. The number of likely N-dealkylation sites (tertiary alicyclic amines) is 1. The highest BCUT2D eigenvalue weighted by molar-refractivity contribution is 7.89. The van der Waals surface area contributed by atoms with Crippen LogP contribution >= 0.6 is 0 Å². The summed E-state index contributed by atoms with van der Waals surface area (Å²) in [5, 5.41) is 2.92. The number of benzene rings is 1. The van der Waals surface area contributed by atoms with Crippen molar-refractivity contribution in [2.24, 2.45) is 5.92 Å². The van der Waals surface area contributed by atoms with Crippen molar-refractivity contribution in [1.82, 2.24) is 14.5 Å². The Kier molecular flexibility index (Phi) is 7.42. The molecule has 2 saturated heterocycles. The molecule has 0 spiro atoms. The number of carbonyl (C=O) groups is 2. The maximum Gasteiger partial charge on any atom is 0.243 e. The topological polar surface area (TPSA) is 86.8 Å². The van der Waals surface area contributed by atoms with Crippen molar-refractivity contribution in [3.8, 4) is 0 Å². The molecular weight excluding hydrogens is 414 g/mol. The van der Waals surface area contributed by atoms with E-state index in [4.69, 9.17) is 0 Å². The van der Waals surface area contributed by atoms with Gasteiger partial charge in [-0.2, -0.15) is 4.31 Å². The SMILES string of the molecule is CC(C)(C)N1CC(C(=O)NCCc2ccc(S(=O)(=O)N3CCCCCC3)cc2)CC1=O. The molecule has 3 rings (SSSR count). The molecule has 0 aromatic heterocycles. The minimum Gasteiger partial charge on any atom is -0.355 e. The predicted molar refractivity (Wildman–Crippen MR) is 120 cm³/mol. The highest BCUT2D eigenvalue weighted by Crippen LogP contribution is 2.26. The highest BCUT2D eigenvalue weighted by atomic mass is 32.2. The molecule has 0 radical (unpaired) electrons. The largest absolute Gasteiger partial charge is 0.355 e. The Morgan fingerprint density at radius 2 is 1.68 bits per heavy atom. The minimum atomic E-state index is -3.44. The highest BCUT2D eigenvalue weighted by Gasteiger charge is 2.39. The Balaban J connectivity index is 1.50. The minimum absolute atomic E-state index is 0.0221. The Hall–Kier alpha value is -1.93. The van der Waals surface area contributed by atoms with Crippen LogP contribution in [0.15, 0.2) is 29.2 Å². The maximum absolute atomic E-state index is 12.9. The van der Waals surface area contributed by atoms with Crippen LogP contribution in [-0.2, 0) is 26.0 Å². The van der Waals surface area contributed by atoms with E-state index in [-0.39, 0.29) is 29.7 Å². The lowest BCUT2D eigenvalue weighted by atomic mass is 10.1. The third-order valence-electron chi connectivity index (χ3n) is 6.14. The van der Waals surface area contributed by atoms with Gasteiger partial charge in [-0.3, -0.25) is 9.59 Å². The van der Waals surface area contributed by atoms with E-state index in [1.807, 2.05) is 32.9 Å². The van der Waals surface area contributed by atoms with E-state index in [1.54, 1.807) is 21.3 Å². The van der Waals surface area contributed by atoms with Gasteiger partial charge < -0.3 is 10.2 Å². The summed E-state index contributed by atoms with van der Waals surface area (Å²) < 4.78 is 27.3. The van der Waals surface area contributed by atoms with Crippen molar-refractivity contribution in [2.75, 3.05) is 26.2 Å². The van der Waals surface area contributed by atoms with Crippen LogP contribution in [0.3, 0.4) is 0 Å². The fourth-order valence-corrected chi connectivity index (χ4v) is 5.78. The summed E-state index contributed by atoms with van der Waals surface area (Å²) in [5.74, 6) is -0.387. The van der Waals surface area contributed by atoms with Crippen molar-refractivity contribution in [1.29, 1.82) is 0 Å². The van der Waals surface area contributed by atoms with Crippen molar-refractivity contribution in [3.63, 3.8) is 0 Å². The average molecular weight is 450 g/mol. The molecule has 1 unspecified atom stereocenters. The fourth-order valence-electron chi connectivity index (χ4n) is 4.26. The van der Waals surface area contributed by atoms with E-state index in [9.17, 15) is 18.0 Å². The van der Waals surface area contributed by atoms with Gasteiger partial charge in [-0.05, 0) is 57.7 Å². The van der Waals surface area contributed by atoms with Gasteiger partial charge in [0.2, 0.25) is 21.8 Å². The summed E-state index contributed by atoms with van der Waals surface area (Å²) in [5.41, 5.74) is 0.690. The van der Waals surface area contributed by atoms with Gasteiger partial charge in [0.05, 0.1) is 10.8 Å². The molecule has 0 bridgehead atoms. The summed E-state index contributed by atoms with van der Waals surface area (Å²) in [6.45, 7) is 8.01. The van der Waals surface area contributed by atoms with Crippen LogP contribution in [0.5, 0.6) is 0 Å². The fraction of sp³-hybridized carbons (Fsp3) is 0.652. The monoisotopic (exact) mass is 449 g/mol. The second-order valence-corrected chi connectivity index (χ2v) is 11.5. The van der Waals surface area contributed by atoms with Gasteiger partial charge in [0, 0.05) is 38.1 Å². The predicted octanol–water partition coefficient (Wildman–Crippen LogP) is 2.56. The van der Waals surface area contributed by atoms with Gasteiger partial charge in [0.15, 0.2) is 0 Å².